The highest BCUT2D eigenvalue weighted by atomic mass is 16.7. The Morgan fingerprint density at radius 1 is 1.04 bits per heavy atom. The van der Waals surface area contributed by atoms with Gasteiger partial charge >= 0.3 is 5.97 Å². The second kappa shape index (κ2) is 20.1. The predicted octanol–water partition coefficient (Wildman–Crippen LogP) is 1.59. The molecule has 2 aliphatic rings. The molecular weight excluding hydrogens is 698 g/mol. The van der Waals surface area contributed by atoms with Crippen molar-refractivity contribution in [3.63, 3.8) is 0 Å². The minimum absolute atomic E-state index is 0.0419. The average molecular weight is 766 g/mol. The fourth-order valence-electron chi connectivity index (χ4n) is 7.73. The largest absolute Gasteiger partial charge is 0.459 e. The van der Waals surface area contributed by atoms with E-state index in [1.807, 2.05) is 56.3 Å². The topological polar surface area (TPSA) is 196 Å². The number of carbonyl (C=O) groups is 3. The molecule has 1 aromatic carbocycles. The first-order valence-electron chi connectivity index (χ1n) is 19.4. The number of ether oxygens (including phenoxy) is 4. The van der Waals surface area contributed by atoms with Crippen LogP contribution in [0.2, 0.25) is 0 Å². The lowest BCUT2D eigenvalue weighted by Crippen LogP contribution is -2.60. The Kier molecular flexibility index (Phi) is 17.0. The van der Waals surface area contributed by atoms with Gasteiger partial charge in [-0.05, 0) is 86.5 Å². The van der Waals surface area contributed by atoms with E-state index in [9.17, 15) is 34.8 Å². The molecule has 2 saturated heterocycles. The summed E-state index contributed by atoms with van der Waals surface area (Å²) < 4.78 is 25.0. The normalized spacial score (nSPS) is 38.3. The van der Waals surface area contributed by atoms with E-state index in [1.165, 1.54) is 20.8 Å². The molecule has 1 aromatic rings. The maximum absolute atomic E-state index is 14.3. The van der Waals surface area contributed by atoms with Crippen LogP contribution in [-0.4, -0.2) is 143 Å². The molecule has 0 spiro atoms. The van der Waals surface area contributed by atoms with Gasteiger partial charge in [0.05, 0.1) is 42.5 Å². The molecule has 14 heteroatoms. The van der Waals surface area contributed by atoms with Crippen molar-refractivity contribution in [3.05, 3.63) is 35.9 Å². The Labute approximate surface area is 321 Å². The number of rotatable bonds is 12. The van der Waals surface area contributed by atoms with Gasteiger partial charge in [0, 0.05) is 24.5 Å². The van der Waals surface area contributed by atoms with Gasteiger partial charge < -0.3 is 54.9 Å². The number of aliphatic hydroxyl groups is 4. The highest BCUT2D eigenvalue weighted by molar-refractivity contribution is 6.00. The number of benzene rings is 1. The number of ketones is 1. The lowest BCUT2D eigenvalue weighted by atomic mass is 9.79. The van der Waals surface area contributed by atoms with Crippen LogP contribution in [0.25, 0.3) is 0 Å². The first-order chi connectivity index (χ1) is 25.2. The fraction of sp³-hybridized carbons (Fsp3) is 0.775. The number of carbonyl (C=O) groups excluding carboxylic acids is 3. The molecule has 0 unspecified atom stereocenters. The number of aliphatic hydroxyl groups excluding tert-OH is 3. The highest BCUT2D eigenvalue weighted by Gasteiger charge is 2.51. The van der Waals surface area contributed by atoms with Gasteiger partial charge in [0.2, 0.25) is 5.91 Å². The van der Waals surface area contributed by atoms with Crippen molar-refractivity contribution >= 4 is 17.7 Å². The smallest absolute Gasteiger partial charge is 0.316 e. The predicted molar refractivity (Wildman–Crippen MR) is 202 cm³/mol. The van der Waals surface area contributed by atoms with Crippen molar-refractivity contribution in [2.24, 2.45) is 17.8 Å². The van der Waals surface area contributed by atoms with E-state index in [1.54, 1.807) is 27.7 Å². The summed E-state index contributed by atoms with van der Waals surface area (Å²) in [5, 5.41) is 51.4. The minimum atomic E-state index is -2.03. The van der Waals surface area contributed by atoms with E-state index >= 15 is 0 Å². The molecule has 14 atom stereocenters. The van der Waals surface area contributed by atoms with Crippen molar-refractivity contribution in [1.29, 1.82) is 0 Å². The number of cyclic esters (lactones) is 1. The van der Waals surface area contributed by atoms with Crippen LogP contribution in [0.5, 0.6) is 0 Å². The SMILES string of the molecule is CC[C@H]1OC(=O)[C@H](C)C(=O)[C@H](C)[C@@H](O[C@@H]2O[C@H](C)C[C@H](N(C)C)[C@H]2O)[C@](C)(OC[C@@H](O)CNCCc2ccccc2)C[C@@H](C)NC(=O)[C@H](C)[C@@H](O)[C@]1(C)O. The minimum Gasteiger partial charge on any atom is -0.459 e. The van der Waals surface area contributed by atoms with E-state index < -0.39 is 89.5 Å². The first kappa shape index (κ1) is 45.9. The van der Waals surface area contributed by atoms with E-state index in [0.29, 0.717) is 13.0 Å². The Balaban J connectivity index is 2.02. The zero-order chi connectivity index (χ0) is 40.5. The Morgan fingerprint density at radius 2 is 1.69 bits per heavy atom. The number of hydrogen-bond acceptors (Lipinski definition) is 13. The summed E-state index contributed by atoms with van der Waals surface area (Å²) >= 11 is 0. The van der Waals surface area contributed by atoms with Crippen LogP contribution in [0.15, 0.2) is 30.3 Å². The molecule has 54 heavy (non-hydrogen) atoms. The zero-order valence-electron chi connectivity index (χ0n) is 33.9. The summed E-state index contributed by atoms with van der Waals surface area (Å²) in [6, 6.07) is 8.97. The number of likely N-dealkylation sites (N-methyl/N-ethyl adjacent to an activating group) is 1. The molecule has 6 N–H and O–H groups in total. The second-order valence-electron chi connectivity index (χ2n) is 16.2. The Morgan fingerprint density at radius 3 is 2.30 bits per heavy atom. The van der Waals surface area contributed by atoms with Crippen molar-refractivity contribution in [1.82, 2.24) is 15.5 Å². The van der Waals surface area contributed by atoms with Gasteiger partial charge in [-0.15, -0.1) is 0 Å². The lowest BCUT2D eigenvalue weighted by molar-refractivity contribution is -0.298. The number of hydrogen-bond donors (Lipinski definition) is 6. The summed E-state index contributed by atoms with van der Waals surface area (Å²) in [7, 11) is 3.69. The second-order valence-corrected chi connectivity index (χ2v) is 16.2. The van der Waals surface area contributed by atoms with Gasteiger partial charge in [0.15, 0.2) is 12.1 Å². The van der Waals surface area contributed by atoms with Gasteiger partial charge in [-0.25, -0.2) is 0 Å². The van der Waals surface area contributed by atoms with Gasteiger partial charge in [-0.2, -0.15) is 0 Å². The number of nitrogens with zero attached hydrogens (tertiary/aromatic N) is 1. The molecule has 0 bridgehead atoms. The van der Waals surface area contributed by atoms with Gasteiger partial charge in [0.25, 0.3) is 0 Å². The molecule has 0 saturated carbocycles. The van der Waals surface area contributed by atoms with Crippen molar-refractivity contribution in [3.8, 4) is 0 Å². The van der Waals surface area contributed by atoms with Crippen LogP contribution in [0.3, 0.4) is 0 Å². The summed E-state index contributed by atoms with van der Waals surface area (Å²) in [6.07, 6.45) is -6.21. The maximum Gasteiger partial charge on any atom is 0.316 e. The van der Waals surface area contributed by atoms with E-state index in [0.717, 1.165) is 12.0 Å². The van der Waals surface area contributed by atoms with Crippen molar-refractivity contribution in [2.75, 3.05) is 33.8 Å². The third kappa shape index (κ3) is 11.7. The van der Waals surface area contributed by atoms with E-state index in [2.05, 4.69) is 10.6 Å². The molecule has 0 radical (unpaired) electrons. The van der Waals surface area contributed by atoms with Crippen molar-refractivity contribution < 1.29 is 53.8 Å². The first-order valence-corrected chi connectivity index (χ1v) is 19.4. The van der Waals surface area contributed by atoms with Gasteiger partial charge in [-0.1, -0.05) is 51.1 Å². The molecule has 1 amide bonds. The molecule has 308 valence electrons. The van der Waals surface area contributed by atoms with Crippen LogP contribution in [0.4, 0.5) is 0 Å². The van der Waals surface area contributed by atoms with Crippen LogP contribution >= 0.6 is 0 Å². The van der Waals surface area contributed by atoms with Crippen LogP contribution in [-0.2, 0) is 39.8 Å². The summed E-state index contributed by atoms with van der Waals surface area (Å²) in [4.78, 5) is 43.3. The molecule has 3 rings (SSSR count). The monoisotopic (exact) mass is 765 g/mol. The maximum atomic E-state index is 14.3. The molecule has 14 nitrogen and oxygen atoms in total. The van der Waals surface area contributed by atoms with E-state index in [4.69, 9.17) is 18.9 Å². The zero-order valence-corrected chi connectivity index (χ0v) is 33.9. The molecular formula is C40H67N3O11. The third-order valence-electron chi connectivity index (χ3n) is 11.1. The molecule has 2 aliphatic heterocycles. The number of Topliss-reactive ketones (excluding diaryl/α,β-unsaturated/α-hetero) is 1. The van der Waals surface area contributed by atoms with E-state index in [-0.39, 0.29) is 38.1 Å². The number of nitrogens with one attached hydrogen (secondary N) is 2. The summed E-state index contributed by atoms with van der Waals surface area (Å²) in [5.74, 6) is -5.57. The molecule has 0 aromatic heterocycles. The van der Waals surface area contributed by atoms with Gasteiger partial charge in [-0.3, -0.25) is 14.4 Å². The molecule has 2 fully saturated rings. The van der Waals surface area contributed by atoms with Crippen molar-refractivity contribution in [2.45, 2.75) is 147 Å². The Hall–Kier alpha value is -2.53. The Bertz CT molecular complexity index is 1350. The average Bonchev–Trinajstić information content (AvgIpc) is 3.12. The lowest BCUT2D eigenvalue weighted by Gasteiger charge is -2.47. The highest BCUT2D eigenvalue weighted by Crippen LogP contribution is 2.36. The number of amides is 1. The van der Waals surface area contributed by atoms with Crippen LogP contribution in [0.1, 0.15) is 80.2 Å². The molecule has 2 heterocycles. The third-order valence-corrected chi connectivity index (χ3v) is 11.1. The fourth-order valence-corrected chi connectivity index (χ4v) is 7.73. The standard InChI is InChI=1S/C40H67N3O11/c1-11-31-40(8,50)34(47)27(6)36(48)42-23(2)20-39(7,51-22-29(44)21-41-18-17-28-15-13-12-14-16-28)35(25(4)32(45)26(5)37(49)53-31)54-38-33(46)30(43(9)10)19-24(3)52-38/h12-16,23-27,29-31,33-35,38,41,44,46-47,50H,11,17-22H2,1-10H3,(H,42,48)/t23-,24-,25+,26-,27-,29+,30+,31-,33-,34-,35-,38+,39-,40-/m1/s1. The summed E-state index contributed by atoms with van der Waals surface area (Å²) in [5.41, 5.74) is -2.31. The summed E-state index contributed by atoms with van der Waals surface area (Å²) in [6.45, 7) is 13.4. The van der Waals surface area contributed by atoms with Crippen LogP contribution < -0.4 is 10.6 Å². The van der Waals surface area contributed by atoms with Crippen LogP contribution in [0, 0.1) is 17.8 Å². The number of esters is 1. The van der Waals surface area contributed by atoms with Gasteiger partial charge in [0.1, 0.15) is 23.7 Å². The molecule has 0 aliphatic carbocycles. The quantitative estimate of drug-likeness (QED) is 0.102.